The molecule has 1 aromatic rings. The average molecular weight is 200 g/mol. The summed E-state index contributed by atoms with van der Waals surface area (Å²) in [6.07, 6.45) is 1.46. The number of rotatable bonds is 2. The van der Waals surface area contributed by atoms with E-state index in [0.717, 1.165) is 0 Å². The van der Waals surface area contributed by atoms with Crippen LogP contribution >= 0.6 is 11.6 Å². The summed E-state index contributed by atoms with van der Waals surface area (Å²) in [7, 11) is 0. The second-order valence-corrected chi connectivity index (χ2v) is 3.48. The topological polar surface area (TPSA) is 50.2 Å². The van der Waals surface area contributed by atoms with Crippen LogP contribution in [0.3, 0.4) is 0 Å². The molecule has 0 radical (unpaired) electrons. The van der Waals surface area contributed by atoms with Crippen molar-refractivity contribution in [1.82, 2.24) is 4.98 Å². The van der Waals surface area contributed by atoms with Gasteiger partial charge in [-0.2, -0.15) is 0 Å². The lowest BCUT2D eigenvalue weighted by atomic mass is 10.0. The van der Waals surface area contributed by atoms with Crippen molar-refractivity contribution < 1.29 is 9.90 Å². The highest BCUT2D eigenvalue weighted by atomic mass is 35.5. The maximum Gasteiger partial charge on any atom is 0.337 e. The zero-order valence-electron chi connectivity index (χ0n) is 7.41. The molecule has 3 nitrogen and oxygen atoms in total. The van der Waals surface area contributed by atoms with Gasteiger partial charge in [-0.3, -0.25) is 4.98 Å². The van der Waals surface area contributed by atoms with Crippen molar-refractivity contribution in [2.24, 2.45) is 0 Å². The molecule has 70 valence electrons. The van der Waals surface area contributed by atoms with E-state index < -0.39 is 5.97 Å². The van der Waals surface area contributed by atoms with Gasteiger partial charge in [0.25, 0.3) is 0 Å². The van der Waals surface area contributed by atoms with E-state index in [-0.39, 0.29) is 11.5 Å². The lowest BCUT2D eigenvalue weighted by Crippen LogP contribution is -2.06. The van der Waals surface area contributed by atoms with Gasteiger partial charge >= 0.3 is 5.97 Å². The SMILES string of the molecule is CC(C)c1ncc(Cl)cc1C(=O)O. The molecule has 1 heterocycles. The molecule has 0 atom stereocenters. The van der Waals surface area contributed by atoms with Crippen LogP contribution in [0.5, 0.6) is 0 Å². The Morgan fingerprint density at radius 2 is 2.23 bits per heavy atom. The summed E-state index contributed by atoms with van der Waals surface area (Å²) in [5.41, 5.74) is 0.749. The molecule has 0 aliphatic carbocycles. The molecule has 13 heavy (non-hydrogen) atoms. The largest absolute Gasteiger partial charge is 0.478 e. The van der Waals surface area contributed by atoms with Crippen molar-refractivity contribution in [3.63, 3.8) is 0 Å². The molecule has 0 bridgehead atoms. The van der Waals surface area contributed by atoms with E-state index in [9.17, 15) is 4.79 Å². The Kier molecular flexibility index (Phi) is 2.88. The number of pyridine rings is 1. The molecule has 1 N–H and O–H groups in total. The normalized spacial score (nSPS) is 10.5. The maximum atomic E-state index is 10.8. The molecule has 0 fully saturated rings. The fourth-order valence-corrected chi connectivity index (χ4v) is 1.24. The minimum atomic E-state index is -0.987. The van der Waals surface area contributed by atoms with E-state index in [0.29, 0.717) is 10.7 Å². The first-order valence-corrected chi connectivity index (χ1v) is 4.29. The molecule has 0 amide bonds. The van der Waals surface area contributed by atoms with Crippen LogP contribution in [-0.4, -0.2) is 16.1 Å². The van der Waals surface area contributed by atoms with Crippen molar-refractivity contribution in [3.8, 4) is 0 Å². The third kappa shape index (κ3) is 2.18. The smallest absolute Gasteiger partial charge is 0.337 e. The first-order chi connectivity index (χ1) is 6.02. The molecule has 1 rings (SSSR count). The zero-order chi connectivity index (χ0) is 10.0. The zero-order valence-corrected chi connectivity index (χ0v) is 8.17. The Hall–Kier alpha value is -1.09. The van der Waals surface area contributed by atoms with Gasteiger partial charge in [0.15, 0.2) is 0 Å². The molecule has 0 unspecified atom stereocenters. The number of aromatic nitrogens is 1. The first kappa shape index (κ1) is 9.99. The van der Waals surface area contributed by atoms with Crippen LogP contribution in [0.15, 0.2) is 12.3 Å². The van der Waals surface area contributed by atoms with E-state index in [1.54, 1.807) is 0 Å². The van der Waals surface area contributed by atoms with Gasteiger partial charge in [-0.05, 0) is 12.0 Å². The molecular weight excluding hydrogens is 190 g/mol. The number of nitrogens with zero attached hydrogens (tertiary/aromatic N) is 1. The van der Waals surface area contributed by atoms with Crippen molar-refractivity contribution in [1.29, 1.82) is 0 Å². The van der Waals surface area contributed by atoms with Crippen molar-refractivity contribution in [3.05, 3.63) is 28.5 Å². The maximum absolute atomic E-state index is 10.8. The van der Waals surface area contributed by atoms with E-state index in [1.807, 2.05) is 13.8 Å². The van der Waals surface area contributed by atoms with Crippen LogP contribution in [0.25, 0.3) is 0 Å². The molecule has 0 saturated heterocycles. The molecule has 0 spiro atoms. The number of aromatic carboxylic acids is 1. The highest BCUT2D eigenvalue weighted by Gasteiger charge is 2.14. The lowest BCUT2D eigenvalue weighted by Gasteiger charge is -2.07. The Labute approximate surface area is 81.4 Å². The minimum Gasteiger partial charge on any atom is -0.478 e. The summed E-state index contributed by atoms with van der Waals surface area (Å²) < 4.78 is 0. The molecule has 0 aliphatic rings. The molecule has 0 saturated carbocycles. The van der Waals surface area contributed by atoms with Crippen LogP contribution in [0, 0.1) is 0 Å². The minimum absolute atomic E-state index is 0.0865. The number of carbonyl (C=O) groups is 1. The summed E-state index contributed by atoms with van der Waals surface area (Å²) in [6.45, 7) is 3.78. The Bertz CT molecular complexity index is 336. The third-order valence-corrected chi connectivity index (χ3v) is 1.87. The summed E-state index contributed by atoms with van der Waals surface area (Å²) in [4.78, 5) is 14.8. The van der Waals surface area contributed by atoms with E-state index in [4.69, 9.17) is 16.7 Å². The predicted octanol–water partition coefficient (Wildman–Crippen LogP) is 2.56. The Morgan fingerprint density at radius 1 is 1.62 bits per heavy atom. The Morgan fingerprint density at radius 3 is 2.69 bits per heavy atom. The van der Waals surface area contributed by atoms with E-state index in [2.05, 4.69) is 4.98 Å². The van der Waals surface area contributed by atoms with Gasteiger partial charge in [0.1, 0.15) is 0 Å². The van der Waals surface area contributed by atoms with Crippen LogP contribution in [-0.2, 0) is 0 Å². The van der Waals surface area contributed by atoms with Gasteiger partial charge in [-0.25, -0.2) is 4.79 Å². The van der Waals surface area contributed by atoms with E-state index >= 15 is 0 Å². The second-order valence-electron chi connectivity index (χ2n) is 3.05. The van der Waals surface area contributed by atoms with Gasteiger partial charge < -0.3 is 5.11 Å². The quantitative estimate of drug-likeness (QED) is 0.797. The van der Waals surface area contributed by atoms with Crippen LogP contribution in [0.2, 0.25) is 5.02 Å². The molecular formula is C9H10ClNO2. The van der Waals surface area contributed by atoms with Crippen LogP contribution in [0.4, 0.5) is 0 Å². The number of carboxylic acids is 1. The van der Waals surface area contributed by atoms with Gasteiger partial charge in [-0.1, -0.05) is 25.4 Å². The standard InChI is InChI=1S/C9H10ClNO2/c1-5(2)8-7(9(12)13)3-6(10)4-11-8/h3-5H,1-2H3,(H,12,13). The monoisotopic (exact) mass is 199 g/mol. The van der Waals surface area contributed by atoms with Gasteiger partial charge in [0.2, 0.25) is 0 Å². The number of halogens is 1. The van der Waals surface area contributed by atoms with Crippen LogP contribution in [0.1, 0.15) is 35.8 Å². The fourth-order valence-electron chi connectivity index (χ4n) is 1.08. The number of hydrogen-bond acceptors (Lipinski definition) is 2. The second kappa shape index (κ2) is 3.75. The summed E-state index contributed by atoms with van der Waals surface area (Å²) in [5, 5.41) is 9.19. The first-order valence-electron chi connectivity index (χ1n) is 3.91. The molecule has 1 aromatic heterocycles. The highest BCUT2D eigenvalue weighted by Crippen LogP contribution is 2.19. The van der Waals surface area contributed by atoms with Gasteiger partial charge in [0.05, 0.1) is 16.3 Å². The summed E-state index contributed by atoms with van der Waals surface area (Å²) in [6, 6.07) is 1.42. The van der Waals surface area contributed by atoms with Gasteiger partial charge in [0, 0.05) is 6.20 Å². The van der Waals surface area contributed by atoms with E-state index in [1.165, 1.54) is 12.3 Å². The number of carboxylic acid groups (broad SMARTS) is 1. The van der Waals surface area contributed by atoms with Crippen molar-refractivity contribution >= 4 is 17.6 Å². The van der Waals surface area contributed by atoms with Crippen LogP contribution < -0.4 is 0 Å². The summed E-state index contributed by atoms with van der Waals surface area (Å²) >= 11 is 5.64. The van der Waals surface area contributed by atoms with Gasteiger partial charge in [-0.15, -0.1) is 0 Å². The molecule has 0 aromatic carbocycles. The predicted molar refractivity (Wildman–Crippen MR) is 50.3 cm³/mol. The highest BCUT2D eigenvalue weighted by molar-refractivity contribution is 6.30. The fraction of sp³-hybridized carbons (Fsp3) is 0.333. The molecule has 4 heteroatoms. The Balaban J connectivity index is 3.27. The molecule has 0 aliphatic heterocycles. The third-order valence-electron chi connectivity index (χ3n) is 1.66. The average Bonchev–Trinajstić information content (AvgIpc) is 2.03. The van der Waals surface area contributed by atoms with Crippen molar-refractivity contribution in [2.45, 2.75) is 19.8 Å². The number of hydrogen-bond donors (Lipinski definition) is 1. The summed E-state index contributed by atoms with van der Waals surface area (Å²) in [5.74, 6) is -0.901. The lowest BCUT2D eigenvalue weighted by molar-refractivity contribution is 0.0694. The van der Waals surface area contributed by atoms with Crippen molar-refractivity contribution in [2.75, 3.05) is 0 Å².